The number of rotatable bonds is 4. The lowest BCUT2D eigenvalue weighted by Gasteiger charge is -2.14. The molecule has 0 bridgehead atoms. The Kier molecular flexibility index (Phi) is 5.28. The number of imidazole rings is 1. The molecule has 2 aliphatic heterocycles. The molecule has 1 saturated heterocycles. The number of hydrogen-bond acceptors (Lipinski definition) is 6. The summed E-state index contributed by atoms with van der Waals surface area (Å²) in [5.41, 5.74) is 6.19. The molecule has 9 nitrogen and oxygen atoms in total. The summed E-state index contributed by atoms with van der Waals surface area (Å²) in [6.07, 6.45) is 4.48. The molecule has 5 rings (SSSR count). The first-order valence-electron chi connectivity index (χ1n) is 9.80. The number of fused-ring (bicyclic) bond motifs is 3. The molecule has 1 aromatic heterocycles. The summed E-state index contributed by atoms with van der Waals surface area (Å²) in [6.45, 7) is 4.65. The summed E-state index contributed by atoms with van der Waals surface area (Å²) in [6, 6.07) is 6.16. The highest BCUT2D eigenvalue weighted by Crippen LogP contribution is 2.37. The largest absolute Gasteiger partial charge is 0.491 e. The molecule has 2 fully saturated rings. The number of amides is 2. The normalized spacial score (nSPS) is 19.7. The highest BCUT2D eigenvalue weighted by atomic mass is 16.6. The number of carbonyl (C=O) groups excluding carboxylic acids is 2. The Balaban J connectivity index is 0.000000645. The number of primary amides is 1. The number of carbonyl (C=O) groups is 2. The van der Waals surface area contributed by atoms with Gasteiger partial charge in [-0.2, -0.15) is 0 Å². The van der Waals surface area contributed by atoms with E-state index in [0.717, 1.165) is 35.3 Å². The summed E-state index contributed by atoms with van der Waals surface area (Å²) in [5, 5.41) is 3.49. The number of nitrogens with zero attached hydrogens (tertiary/aromatic N) is 3. The highest BCUT2D eigenvalue weighted by Gasteiger charge is 2.34. The third kappa shape index (κ3) is 3.98. The standard InChI is InChI=1S/C19H22N4O3.CH3NO/c1-12-11-26-19(24)23(12)17-10-22-6-7-25-16-8-14(20-9-13-2-3-13)4-5-15(16)18(22)21-17;2-1-3/h4-5,8,10,12-13,20H,2-3,6-7,9,11H2,1H3;1H,(H2,2,3)/t12-;/m1./s1. The summed E-state index contributed by atoms with van der Waals surface area (Å²) < 4.78 is 13.1. The van der Waals surface area contributed by atoms with Crippen molar-refractivity contribution < 1.29 is 19.1 Å². The number of hydrogen-bond donors (Lipinski definition) is 2. The fourth-order valence-electron chi connectivity index (χ4n) is 3.51. The van der Waals surface area contributed by atoms with E-state index in [2.05, 4.69) is 27.8 Å². The molecular weight excluding hydrogens is 374 g/mol. The highest BCUT2D eigenvalue weighted by molar-refractivity contribution is 5.89. The van der Waals surface area contributed by atoms with Crippen LogP contribution in [0.3, 0.4) is 0 Å². The molecule has 1 saturated carbocycles. The zero-order valence-corrected chi connectivity index (χ0v) is 16.3. The zero-order valence-electron chi connectivity index (χ0n) is 16.3. The van der Waals surface area contributed by atoms with E-state index < -0.39 is 0 Å². The van der Waals surface area contributed by atoms with E-state index >= 15 is 0 Å². The maximum atomic E-state index is 12.0. The number of benzene rings is 1. The molecule has 0 unspecified atom stereocenters. The Morgan fingerprint density at radius 3 is 2.83 bits per heavy atom. The maximum absolute atomic E-state index is 12.0. The van der Waals surface area contributed by atoms with Crippen LogP contribution in [0.5, 0.6) is 5.75 Å². The SMILES string of the molecule is C[C@@H]1COC(=O)N1c1cn2c(n1)-c1ccc(NCC3CC3)cc1OCC2.NC=O. The van der Waals surface area contributed by atoms with Crippen LogP contribution in [0.4, 0.5) is 16.3 Å². The van der Waals surface area contributed by atoms with Gasteiger partial charge in [0.15, 0.2) is 5.82 Å². The van der Waals surface area contributed by atoms with Gasteiger partial charge < -0.3 is 25.1 Å². The molecule has 2 amide bonds. The molecule has 3 N–H and O–H groups in total. The number of aromatic nitrogens is 2. The van der Waals surface area contributed by atoms with Crippen molar-refractivity contribution >= 4 is 24.0 Å². The van der Waals surface area contributed by atoms with E-state index in [1.165, 1.54) is 12.8 Å². The van der Waals surface area contributed by atoms with Gasteiger partial charge in [0.2, 0.25) is 6.41 Å². The van der Waals surface area contributed by atoms with Gasteiger partial charge in [0.1, 0.15) is 24.8 Å². The Hall–Kier alpha value is -3.23. The van der Waals surface area contributed by atoms with Gasteiger partial charge in [-0.05, 0) is 37.8 Å². The van der Waals surface area contributed by atoms with Crippen LogP contribution in [0.1, 0.15) is 19.8 Å². The van der Waals surface area contributed by atoms with Gasteiger partial charge in [-0.1, -0.05) is 0 Å². The molecule has 3 aliphatic rings. The molecular formula is C20H25N5O4. The van der Waals surface area contributed by atoms with Crippen molar-refractivity contribution in [2.24, 2.45) is 11.7 Å². The molecule has 2 aromatic rings. The minimum atomic E-state index is -0.332. The van der Waals surface area contributed by atoms with Crippen molar-refractivity contribution in [3.63, 3.8) is 0 Å². The van der Waals surface area contributed by atoms with E-state index in [1.54, 1.807) is 4.90 Å². The second-order valence-electron chi connectivity index (χ2n) is 7.43. The minimum absolute atomic E-state index is 0.00800. The number of ether oxygens (including phenoxy) is 2. The van der Waals surface area contributed by atoms with Gasteiger partial charge in [-0.15, -0.1) is 0 Å². The minimum Gasteiger partial charge on any atom is -0.491 e. The molecule has 0 radical (unpaired) electrons. The van der Waals surface area contributed by atoms with E-state index in [0.29, 0.717) is 25.6 Å². The monoisotopic (exact) mass is 399 g/mol. The van der Waals surface area contributed by atoms with Gasteiger partial charge in [-0.25, -0.2) is 9.78 Å². The molecule has 9 heteroatoms. The molecule has 29 heavy (non-hydrogen) atoms. The average molecular weight is 399 g/mol. The quantitative estimate of drug-likeness (QED) is 0.763. The zero-order chi connectivity index (χ0) is 20.4. The predicted octanol–water partition coefficient (Wildman–Crippen LogP) is 2.21. The van der Waals surface area contributed by atoms with Crippen molar-refractivity contribution in [3.05, 3.63) is 24.4 Å². The van der Waals surface area contributed by atoms with Gasteiger partial charge in [0.25, 0.3) is 0 Å². The third-order valence-corrected chi connectivity index (χ3v) is 5.20. The van der Waals surface area contributed by atoms with Crippen LogP contribution in [0.15, 0.2) is 24.4 Å². The number of nitrogens with two attached hydrogens (primary N) is 1. The molecule has 1 aliphatic carbocycles. The maximum Gasteiger partial charge on any atom is 0.415 e. The van der Waals surface area contributed by atoms with Gasteiger partial charge in [0.05, 0.1) is 18.2 Å². The second kappa shape index (κ2) is 8.02. The summed E-state index contributed by atoms with van der Waals surface area (Å²) in [4.78, 5) is 26.9. The lowest BCUT2D eigenvalue weighted by atomic mass is 10.1. The van der Waals surface area contributed by atoms with Crippen LogP contribution in [-0.2, 0) is 16.1 Å². The van der Waals surface area contributed by atoms with Crippen LogP contribution in [0.25, 0.3) is 11.4 Å². The Bertz CT molecular complexity index is 908. The first-order valence-corrected chi connectivity index (χ1v) is 9.80. The lowest BCUT2D eigenvalue weighted by molar-refractivity contribution is -0.106. The second-order valence-corrected chi connectivity index (χ2v) is 7.43. The number of nitrogens with one attached hydrogen (secondary N) is 1. The summed E-state index contributed by atoms with van der Waals surface area (Å²) in [7, 11) is 0. The van der Waals surface area contributed by atoms with Crippen LogP contribution in [-0.4, -0.2) is 47.9 Å². The fraction of sp³-hybridized carbons (Fsp3) is 0.450. The van der Waals surface area contributed by atoms with Crippen molar-refractivity contribution in [1.29, 1.82) is 0 Å². The van der Waals surface area contributed by atoms with Crippen molar-refractivity contribution in [3.8, 4) is 17.1 Å². The van der Waals surface area contributed by atoms with Crippen molar-refractivity contribution in [1.82, 2.24) is 9.55 Å². The number of anilines is 2. The molecule has 1 atom stereocenters. The molecule has 154 valence electrons. The molecule has 1 aromatic carbocycles. The molecule has 3 heterocycles. The summed E-state index contributed by atoms with van der Waals surface area (Å²) in [5.74, 6) is 3.11. The first-order chi connectivity index (χ1) is 14.1. The lowest BCUT2D eigenvalue weighted by Crippen LogP contribution is -2.31. The summed E-state index contributed by atoms with van der Waals surface area (Å²) >= 11 is 0. The van der Waals surface area contributed by atoms with Gasteiger partial charge in [-0.3, -0.25) is 9.69 Å². The van der Waals surface area contributed by atoms with E-state index in [9.17, 15) is 4.79 Å². The topological polar surface area (TPSA) is 112 Å². The Morgan fingerprint density at radius 1 is 1.34 bits per heavy atom. The first kappa shape index (κ1) is 19.1. The Morgan fingerprint density at radius 2 is 2.14 bits per heavy atom. The van der Waals surface area contributed by atoms with E-state index in [1.807, 2.05) is 19.2 Å². The van der Waals surface area contributed by atoms with Gasteiger partial charge >= 0.3 is 6.09 Å². The van der Waals surface area contributed by atoms with Crippen molar-refractivity contribution in [2.75, 3.05) is 30.0 Å². The van der Waals surface area contributed by atoms with E-state index in [4.69, 9.17) is 19.3 Å². The third-order valence-electron chi connectivity index (χ3n) is 5.20. The van der Waals surface area contributed by atoms with Crippen LogP contribution >= 0.6 is 0 Å². The van der Waals surface area contributed by atoms with Crippen molar-refractivity contribution in [2.45, 2.75) is 32.4 Å². The smallest absolute Gasteiger partial charge is 0.415 e. The Labute approximate surface area is 168 Å². The van der Waals surface area contributed by atoms with E-state index in [-0.39, 0.29) is 18.5 Å². The average Bonchev–Trinajstić information content (AvgIpc) is 3.40. The van der Waals surface area contributed by atoms with Gasteiger partial charge in [0, 0.05) is 24.5 Å². The molecule has 0 spiro atoms. The van der Waals surface area contributed by atoms with Crippen LogP contribution < -0.4 is 20.7 Å². The predicted molar refractivity (Wildman–Crippen MR) is 108 cm³/mol. The number of cyclic esters (lactones) is 1. The van der Waals surface area contributed by atoms with Crippen LogP contribution in [0, 0.1) is 5.92 Å². The van der Waals surface area contributed by atoms with Crippen LogP contribution in [0.2, 0.25) is 0 Å². The fourth-order valence-corrected chi connectivity index (χ4v) is 3.51.